The maximum Gasteiger partial charge on any atom is 0.148 e. The van der Waals surface area contributed by atoms with Crippen molar-refractivity contribution in [2.45, 2.75) is 12.5 Å². The van der Waals surface area contributed by atoms with Gasteiger partial charge < -0.3 is 15.8 Å². The lowest BCUT2D eigenvalue weighted by Gasteiger charge is -2.17. The number of ether oxygens (including phenoxy) is 1. The predicted octanol–water partition coefficient (Wildman–Crippen LogP) is 0.906. The van der Waals surface area contributed by atoms with Gasteiger partial charge in [-0.15, -0.1) is 0 Å². The summed E-state index contributed by atoms with van der Waals surface area (Å²) < 4.78 is 5.06. The van der Waals surface area contributed by atoms with Crippen LogP contribution >= 0.6 is 11.6 Å². The number of aromatic nitrogens is 2. The average Bonchev–Trinajstić information content (AvgIpc) is 2.22. The SMILES string of the molecule is COCC(CCN)Nc1ncncc1Cl. The molecule has 0 aliphatic heterocycles. The Bertz CT molecular complexity index is 291. The molecule has 5 nitrogen and oxygen atoms in total. The standard InChI is InChI=1S/C9H15ClN4O/c1-15-5-7(2-3-11)14-9-8(10)4-12-6-13-9/h4,6-7H,2-3,5,11H2,1H3,(H,12,13,14). The molecule has 0 spiro atoms. The van der Waals surface area contributed by atoms with Gasteiger partial charge in [0.25, 0.3) is 0 Å². The summed E-state index contributed by atoms with van der Waals surface area (Å²) in [7, 11) is 1.65. The van der Waals surface area contributed by atoms with Gasteiger partial charge in [-0.2, -0.15) is 0 Å². The molecule has 0 radical (unpaired) electrons. The Balaban J connectivity index is 2.60. The first-order valence-corrected chi connectivity index (χ1v) is 5.06. The van der Waals surface area contributed by atoms with Crippen LogP contribution in [-0.4, -0.2) is 36.3 Å². The molecule has 6 heteroatoms. The third-order valence-corrected chi connectivity index (χ3v) is 2.17. The summed E-state index contributed by atoms with van der Waals surface area (Å²) in [4.78, 5) is 7.84. The quantitative estimate of drug-likeness (QED) is 0.760. The highest BCUT2D eigenvalue weighted by Crippen LogP contribution is 2.17. The highest BCUT2D eigenvalue weighted by molar-refractivity contribution is 6.32. The minimum absolute atomic E-state index is 0.118. The molecular weight excluding hydrogens is 216 g/mol. The van der Waals surface area contributed by atoms with Crippen LogP contribution in [0.25, 0.3) is 0 Å². The maximum absolute atomic E-state index is 5.91. The first-order valence-electron chi connectivity index (χ1n) is 4.69. The number of methoxy groups -OCH3 is 1. The van der Waals surface area contributed by atoms with Crippen molar-refractivity contribution in [3.63, 3.8) is 0 Å². The summed E-state index contributed by atoms with van der Waals surface area (Å²) >= 11 is 5.91. The average molecular weight is 231 g/mol. The van der Waals surface area contributed by atoms with Crippen LogP contribution in [0.2, 0.25) is 5.02 Å². The Labute approximate surface area is 94.0 Å². The minimum atomic E-state index is 0.118. The van der Waals surface area contributed by atoms with E-state index in [-0.39, 0.29) is 6.04 Å². The Kier molecular flexibility index (Phi) is 5.31. The molecule has 1 unspecified atom stereocenters. The molecule has 15 heavy (non-hydrogen) atoms. The zero-order valence-corrected chi connectivity index (χ0v) is 9.37. The monoisotopic (exact) mass is 230 g/mol. The molecule has 1 heterocycles. The fourth-order valence-electron chi connectivity index (χ4n) is 1.21. The van der Waals surface area contributed by atoms with Gasteiger partial charge in [-0.05, 0) is 13.0 Å². The van der Waals surface area contributed by atoms with Crippen LogP contribution in [0.3, 0.4) is 0 Å². The Hall–Kier alpha value is -0.910. The van der Waals surface area contributed by atoms with E-state index in [1.54, 1.807) is 13.3 Å². The lowest BCUT2D eigenvalue weighted by molar-refractivity contribution is 0.183. The number of hydrogen-bond donors (Lipinski definition) is 2. The molecule has 0 saturated heterocycles. The van der Waals surface area contributed by atoms with Crippen molar-refractivity contribution >= 4 is 17.4 Å². The second-order valence-corrected chi connectivity index (χ2v) is 3.50. The van der Waals surface area contributed by atoms with E-state index in [0.717, 1.165) is 6.42 Å². The summed E-state index contributed by atoms with van der Waals surface area (Å²) in [6.45, 7) is 1.15. The van der Waals surface area contributed by atoms with Gasteiger partial charge in [0, 0.05) is 7.11 Å². The second-order valence-electron chi connectivity index (χ2n) is 3.09. The number of halogens is 1. The molecule has 0 aliphatic carbocycles. The minimum Gasteiger partial charge on any atom is -0.383 e. The third kappa shape index (κ3) is 3.99. The normalized spacial score (nSPS) is 12.5. The summed E-state index contributed by atoms with van der Waals surface area (Å²) in [5.74, 6) is 0.613. The summed E-state index contributed by atoms with van der Waals surface area (Å²) in [6, 6.07) is 0.118. The molecule has 1 aromatic heterocycles. The van der Waals surface area contributed by atoms with E-state index in [1.807, 2.05) is 0 Å². The van der Waals surface area contributed by atoms with Gasteiger partial charge in [0.05, 0.1) is 18.8 Å². The number of nitrogens with zero attached hydrogens (tertiary/aromatic N) is 2. The van der Waals surface area contributed by atoms with E-state index in [0.29, 0.717) is 24.0 Å². The zero-order chi connectivity index (χ0) is 11.1. The van der Waals surface area contributed by atoms with E-state index in [4.69, 9.17) is 22.1 Å². The van der Waals surface area contributed by atoms with Gasteiger partial charge in [0.2, 0.25) is 0 Å². The van der Waals surface area contributed by atoms with Crippen molar-refractivity contribution in [1.82, 2.24) is 9.97 Å². The van der Waals surface area contributed by atoms with E-state index in [1.165, 1.54) is 6.33 Å². The van der Waals surface area contributed by atoms with Crippen molar-refractivity contribution in [3.8, 4) is 0 Å². The number of rotatable bonds is 6. The molecule has 1 atom stereocenters. The van der Waals surface area contributed by atoms with E-state index < -0.39 is 0 Å². The van der Waals surface area contributed by atoms with Crippen LogP contribution in [0.15, 0.2) is 12.5 Å². The molecule has 0 saturated carbocycles. The Morgan fingerprint density at radius 3 is 3.07 bits per heavy atom. The first-order chi connectivity index (χ1) is 7.27. The molecule has 1 aromatic rings. The third-order valence-electron chi connectivity index (χ3n) is 1.89. The van der Waals surface area contributed by atoms with Gasteiger partial charge >= 0.3 is 0 Å². The number of anilines is 1. The molecule has 1 rings (SSSR count). The second kappa shape index (κ2) is 6.55. The van der Waals surface area contributed by atoms with E-state index in [2.05, 4.69) is 15.3 Å². The topological polar surface area (TPSA) is 73.1 Å². The van der Waals surface area contributed by atoms with E-state index in [9.17, 15) is 0 Å². The van der Waals surface area contributed by atoms with Crippen LogP contribution in [0, 0.1) is 0 Å². The van der Waals surface area contributed by atoms with Crippen molar-refractivity contribution in [3.05, 3.63) is 17.5 Å². The van der Waals surface area contributed by atoms with Crippen LogP contribution in [-0.2, 0) is 4.74 Å². The molecule has 0 amide bonds. The molecule has 0 bridgehead atoms. The number of nitrogens with two attached hydrogens (primary N) is 1. The zero-order valence-electron chi connectivity index (χ0n) is 8.61. The van der Waals surface area contributed by atoms with Crippen molar-refractivity contribution < 1.29 is 4.74 Å². The summed E-state index contributed by atoms with van der Waals surface area (Å²) in [5.41, 5.74) is 5.49. The van der Waals surface area contributed by atoms with Crippen LogP contribution in [0.5, 0.6) is 0 Å². The summed E-state index contributed by atoms with van der Waals surface area (Å²) in [6.07, 6.45) is 3.79. The molecule has 0 fully saturated rings. The van der Waals surface area contributed by atoms with Crippen LogP contribution in [0.4, 0.5) is 5.82 Å². The first kappa shape index (κ1) is 12.2. The van der Waals surface area contributed by atoms with Gasteiger partial charge in [-0.25, -0.2) is 9.97 Å². The molecule has 0 aromatic carbocycles. The highest BCUT2D eigenvalue weighted by atomic mass is 35.5. The van der Waals surface area contributed by atoms with E-state index >= 15 is 0 Å². The molecule has 3 N–H and O–H groups in total. The lowest BCUT2D eigenvalue weighted by Crippen LogP contribution is -2.28. The Morgan fingerprint density at radius 1 is 1.67 bits per heavy atom. The van der Waals surface area contributed by atoms with Crippen molar-refractivity contribution in [2.24, 2.45) is 5.73 Å². The molecular formula is C9H15ClN4O. The summed E-state index contributed by atoms with van der Waals surface area (Å²) in [5, 5.41) is 3.66. The largest absolute Gasteiger partial charge is 0.383 e. The fraction of sp³-hybridized carbons (Fsp3) is 0.556. The Morgan fingerprint density at radius 2 is 2.47 bits per heavy atom. The van der Waals surface area contributed by atoms with Crippen LogP contribution < -0.4 is 11.1 Å². The van der Waals surface area contributed by atoms with Crippen molar-refractivity contribution in [2.75, 3.05) is 25.6 Å². The van der Waals surface area contributed by atoms with Crippen molar-refractivity contribution in [1.29, 1.82) is 0 Å². The lowest BCUT2D eigenvalue weighted by atomic mass is 10.2. The fourth-order valence-corrected chi connectivity index (χ4v) is 1.37. The molecule has 84 valence electrons. The maximum atomic E-state index is 5.91. The van der Waals surface area contributed by atoms with Gasteiger partial charge in [-0.1, -0.05) is 11.6 Å². The van der Waals surface area contributed by atoms with Gasteiger partial charge in [0.15, 0.2) is 0 Å². The van der Waals surface area contributed by atoms with Gasteiger partial charge in [0.1, 0.15) is 17.2 Å². The smallest absolute Gasteiger partial charge is 0.148 e. The number of hydrogen-bond acceptors (Lipinski definition) is 5. The highest BCUT2D eigenvalue weighted by Gasteiger charge is 2.10. The van der Waals surface area contributed by atoms with Gasteiger partial charge in [-0.3, -0.25) is 0 Å². The van der Waals surface area contributed by atoms with Crippen LogP contribution in [0.1, 0.15) is 6.42 Å². The predicted molar refractivity (Wildman–Crippen MR) is 60.0 cm³/mol. The molecule has 0 aliphatic rings. The number of nitrogens with one attached hydrogen (secondary N) is 1.